The van der Waals surface area contributed by atoms with Gasteiger partial charge in [-0.1, -0.05) is 0 Å². The van der Waals surface area contributed by atoms with E-state index in [0.29, 0.717) is 24.7 Å². The average molecular weight is 375 g/mol. The summed E-state index contributed by atoms with van der Waals surface area (Å²) in [6.45, 7) is 2.76. The van der Waals surface area contributed by atoms with Crippen molar-refractivity contribution in [2.45, 2.75) is 19.4 Å². The lowest BCUT2D eigenvalue weighted by Crippen LogP contribution is -2.29. The molecule has 1 rings (SSSR count). The van der Waals surface area contributed by atoms with Crippen molar-refractivity contribution in [3.05, 3.63) is 24.3 Å². The van der Waals surface area contributed by atoms with E-state index in [9.17, 15) is 13.2 Å². The molecular weight excluding hydrogens is 350 g/mol. The van der Waals surface area contributed by atoms with Crippen molar-refractivity contribution < 1.29 is 31.6 Å². The third-order valence-corrected chi connectivity index (χ3v) is 3.60. The van der Waals surface area contributed by atoms with E-state index in [1.165, 1.54) is 0 Å². The quantitative estimate of drug-likeness (QED) is 0.436. The molecule has 1 amide bonds. The van der Waals surface area contributed by atoms with E-state index in [-0.39, 0.29) is 25.5 Å². The standard InChI is InChI=1S/C16H25NO7S/c1-4-22-9-10-23-15(12-24-25(3,19)20)11-16(18)17-13-5-7-14(21-2)8-6-13/h5-8,15H,4,9-12H2,1-3H3,(H,17,18)/t15-/m0/s1. The summed E-state index contributed by atoms with van der Waals surface area (Å²) >= 11 is 0. The Bertz CT molecular complexity index is 616. The number of carbonyl (C=O) groups is 1. The normalized spacial score (nSPS) is 12.6. The van der Waals surface area contributed by atoms with Gasteiger partial charge in [0.2, 0.25) is 5.91 Å². The topological polar surface area (TPSA) is 100 Å². The van der Waals surface area contributed by atoms with Crippen molar-refractivity contribution in [1.29, 1.82) is 0 Å². The van der Waals surface area contributed by atoms with Gasteiger partial charge in [-0.05, 0) is 31.2 Å². The Labute approximate surface area is 148 Å². The van der Waals surface area contributed by atoms with E-state index in [0.717, 1.165) is 6.26 Å². The van der Waals surface area contributed by atoms with Gasteiger partial charge in [-0.15, -0.1) is 0 Å². The lowest BCUT2D eigenvalue weighted by atomic mass is 10.2. The number of hydrogen-bond acceptors (Lipinski definition) is 7. The third-order valence-electron chi connectivity index (χ3n) is 3.04. The van der Waals surface area contributed by atoms with Gasteiger partial charge in [0, 0.05) is 12.3 Å². The summed E-state index contributed by atoms with van der Waals surface area (Å²) in [4.78, 5) is 12.1. The smallest absolute Gasteiger partial charge is 0.264 e. The van der Waals surface area contributed by atoms with Gasteiger partial charge in [0.15, 0.2) is 0 Å². The second kappa shape index (κ2) is 11.0. The summed E-state index contributed by atoms with van der Waals surface area (Å²) in [5.41, 5.74) is 0.600. The Morgan fingerprint density at radius 1 is 1.20 bits per heavy atom. The molecule has 0 aliphatic heterocycles. The minimum atomic E-state index is -3.61. The van der Waals surface area contributed by atoms with E-state index >= 15 is 0 Å². The van der Waals surface area contributed by atoms with Crippen LogP contribution in [-0.2, 0) is 28.6 Å². The molecule has 0 aromatic heterocycles. The van der Waals surface area contributed by atoms with Crippen LogP contribution < -0.4 is 10.1 Å². The van der Waals surface area contributed by atoms with Crippen molar-refractivity contribution in [2.24, 2.45) is 0 Å². The van der Waals surface area contributed by atoms with Crippen LogP contribution in [0.2, 0.25) is 0 Å². The lowest BCUT2D eigenvalue weighted by molar-refractivity contribution is -0.120. The largest absolute Gasteiger partial charge is 0.497 e. The van der Waals surface area contributed by atoms with Crippen LogP contribution >= 0.6 is 0 Å². The Morgan fingerprint density at radius 3 is 2.44 bits per heavy atom. The zero-order valence-corrected chi connectivity index (χ0v) is 15.5. The van der Waals surface area contributed by atoms with E-state index in [1.54, 1.807) is 31.4 Å². The van der Waals surface area contributed by atoms with Gasteiger partial charge in [0.05, 0.1) is 45.7 Å². The molecule has 0 spiro atoms. The second-order valence-corrected chi connectivity index (χ2v) is 6.80. The molecule has 0 fully saturated rings. The Hall–Kier alpha value is -1.68. The Balaban J connectivity index is 2.55. The SMILES string of the molecule is CCOCCO[C@H](COS(C)(=O)=O)CC(=O)Nc1ccc(OC)cc1. The molecule has 0 unspecified atom stereocenters. The highest BCUT2D eigenvalue weighted by atomic mass is 32.2. The summed E-state index contributed by atoms with van der Waals surface area (Å²) in [6, 6.07) is 6.85. The maximum Gasteiger partial charge on any atom is 0.264 e. The van der Waals surface area contributed by atoms with Crippen molar-refractivity contribution in [1.82, 2.24) is 0 Å². The zero-order chi connectivity index (χ0) is 18.7. The molecule has 142 valence electrons. The molecule has 9 heteroatoms. The molecule has 1 aromatic carbocycles. The van der Waals surface area contributed by atoms with Crippen LogP contribution in [0, 0.1) is 0 Å². The van der Waals surface area contributed by atoms with Crippen LogP contribution in [0.5, 0.6) is 5.75 Å². The number of ether oxygens (including phenoxy) is 3. The van der Waals surface area contributed by atoms with E-state index < -0.39 is 16.2 Å². The number of hydrogen-bond donors (Lipinski definition) is 1. The molecule has 1 atom stereocenters. The zero-order valence-electron chi connectivity index (χ0n) is 14.7. The molecule has 0 saturated carbocycles. The molecule has 0 bridgehead atoms. The van der Waals surface area contributed by atoms with Crippen LogP contribution in [0.25, 0.3) is 0 Å². The summed E-state index contributed by atoms with van der Waals surface area (Å²) < 4.78 is 42.7. The monoisotopic (exact) mass is 375 g/mol. The summed E-state index contributed by atoms with van der Waals surface area (Å²) in [7, 11) is -2.06. The highest BCUT2D eigenvalue weighted by molar-refractivity contribution is 7.85. The van der Waals surface area contributed by atoms with Crippen molar-refractivity contribution in [2.75, 3.05) is 45.1 Å². The van der Waals surface area contributed by atoms with Crippen molar-refractivity contribution in [3.8, 4) is 5.75 Å². The number of methoxy groups -OCH3 is 1. The van der Waals surface area contributed by atoms with Crippen LogP contribution in [0.15, 0.2) is 24.3 Å². The van der Waals surface area contributed by atoms with Gasteiger partial charge >= 0.3 is 0 Å². The molecule has 8 nitrogen and oxygen atoms in total. The predicted octanol–water partition coefficient (Wildman–Crippen LogP) is 1.42. The summed E-state index contributed by atoms with van der Waals surface area (Å²) in [5.74, 6) is 0.361. The number of carbonyl (C=O) groups excluding carboxylic acids is 1. The van der Waals surface area contributed by atoms with E-state index in [2.05, 4.69) is 5.32 Å². The molecule has 0 saturated heterocycles. The molecule has 0 radical (unpaired) electrons. The number of benzene rings is 1. The van der Waals surface area contributed by atoms with Crippen LogP contribution in [0.1, 0.15) is 13.3 Å². The first-order chi connectivity index (χ1) is 11.8. The summed E-state index contributed by atoms with van der Waals surface area (Å²) in [5, 5.41) is 2.71. The first-order valence-electron chi connectivity index (χ1n) is 7.81. The van der Waals surface area contributed by atoms with E-state index in [4.69, 9.17) is 18.4 Å². The number of anilines is 1. The lowest BCUT2D eigenvalue weighted by Gasteiger charge is -2.17. The minimum Gasteiger partial charge on any atom is -0.497 e. The number of amides is 1. The first kappa shape index (κ1) is 21.4. The van der Waals surface area contributed by atoms with Crippen LogP contribution in [-0.4, -0.2) is 60.2 Å². The molecule has 0 aliphatic carbocycles. The van der Waals surface area contributed by atoms with Gasteiger partial charge < -0.3 is 19.5 Å². The molecule has 1 aromatic rings. The average Bonchev–Trinajstić information content (AvgIpc) is 2.56. The predicted molar refractivity (Wildman–Crippen MR) is 93.3 cm³/mol. The fourth-order valence-corrected chi connectivity index (χ4v) is 2.28. The van der Waals surface area contributed by atoms with Gasteiger partial charge in [-0.2, -0.15) is 8.42 Å². The van der Waals surface area contributed by atoms with Crippen molar-refractivity contribution >= 4 is 21.7 Å². The summed E-state index contributed by atoms with van der Waals surface area (Å²) in [6.07, 6.45) is 0.198. The number of nitrogens with one attached hydrogen (secondary N) is 1. The Morgan fingerprint density at radius 2 is 1.88 bits per heavy atom. The second-order valence-electron chi connectivity index (χ2n) is 5.16. The number of rotatable bonds is 12. The molecular formula is C16H25NO7S. The molecule has 0 heterocycles. The fraction of sp³-hybridized carbons (Fsp3) is 0.562. The first-order valence-corrected chi connectivity index (χ1v) is 9.63. The van der Waals surface area contributed by atoms with Gasteiger partial charge in [-0.3, -0.25) is 8.98 Å². The fourth-order valence-electron chi connectivity index (χ4n) is 1.88. The third kappa shape index (κ3) is 10.0. The van der Waals surface area contributed by atoms with Gasteiger partial charge in [-0.25, -0.2) is 0 Å². The highest BCUT2D eigenvalue weighted by Crippen LogP contribution is 2.15. The minimum absolute atomic E-state index is 0.0479. The van der Waals surface area contributed by atoms with Crippen LogP contribution in [0.3, 0.4) is 0 Å². The maximum atomic E-state index is 12.1. The van der Waals surface area contributed by atoms with Gasteiger partial charge in [0.1, 0.15) is 5.75 Å². The molecule has 25 heavy (non-hydrogen) atoms. The van der Waals surface area contributed by atoms with E-state index in [1.807, 2.05) is 6.92 Å². The molecule has 1 N–H and O–H groups in total. The van der Waals surface area contributed by atoms with Crippen LogP contribution in [0.4, 0.5) is 5.69 Å². The Kier molecular flexibility index (Phi) is 9.43. The maximum absolute atomic E-state index is 12.1. The van der Waals surface area contributed by atoms with Gasteiger partial charge in [0.25, 0.3) is 10.1 Å². The van der Waals surface area contributed by atoms with Crippen molar-refractivity contribution in [3.63, 3.8) is 0 Å². The molecule has 0 aliphatic rings. The highest BCUT2D eigenvalue weighted by Gasteiger charge is 2.17.